The van der Waals surface area contributed by atoms with Gasteiger partial charge in [0.15, 0.2) is 0 Å². The van der Waals surface area contributed by atoms with Crippen LogP contribution in [0.5, 0.6) is 5.75 Å². The molecule has 0 saturated carbocycles. The molecule has 0 aliphatic carbocycles. The van der Waals surface area contributed by atoms with Crippen LogP contribution < -0.4 is 4.74 Å². The Kier molecular flexibility index (Phi) is 8.95. The third-order valence-electron chi connectivity index (χ3n) is 7.39. The smallest absolute Gasteiger partial charge is 0.406 e. The second-order valence-corrected chi connectivity index (χ2v) is 11.1. The maximum absolute atomic E-state index is 12.6. The Labute approximate surface area is 242 Å². The summed E-state index contributed by atoms with van der Waals surface area (Å²) in [6.45, 7) is 8.43. The topological polar surface area (TPSA) is 20.6 Å². The molecule has 0 bridgehead atoms. The standard InChI is InChI=1S/C31H32Cl2F3N3O/c1-2-3-13-39-21-27(23-8-10-25(11-9-23)40-31(34,35)36)26-18-22(7-12-29(26)39)19-37-14-16-38(17-15-37)20-24-5-4-6-28(32)30(24)33/h4-12,18,21H,2-3,13-17,19-20H2,1H3. The molecule has 5 rings (SSSR count). The molecule has 0 N–H and O–H groups in total. The number of unbranched alkanes of at least 4 members (excludes halogenated alkanes) is 1. The predicted molar refractivity (Wildman–Crippen MR) is 156 cm³/mol. The van der Waals surface area contributed by atoms with Gasteiger partial charge in [0.25, 0.3) is 0 Å². The molecule has 1 aromatic heterocycles. The minimum absolute atomic E-state index is 0.219. The molecule has 4 aromatic rings. The van der Waals surface area contributed by atoms with Crippen molar-refractivity contribution in [2.45, 2.75) is 45.8 Å². The molecule has 1 saturated heterocycles. The summed E-state index contributed by atoms with van der Waals surface area (Å²) in [5.41, 5.74) is 5.26. The van der Waals surface area contributed by atoms with Gasteiger partial charge in [0, 0.05) is 68.5 Å². The fourth-order valence-corrected chi connectivity index (χ4v) is 5.68. The number of piperazine rings is 1. The first-order chi connectivity index (χ1) is 19.2. The van der Waals surface area contributed by atoms with Crippen LogP contribution in [0.25, 0.3) is 22.0 Å². The average Bonchev–Trinajstić information content (AvgIpc) is 3.28. The number of alkyl halides is 3. The number of hydrogen-bond acceptors (Lipinski definition) is 3. The van der Waals surface area contributed by atoms with Crippen LogP contribution in [0.1, 0.15) is 30.9 Å². The highest BCUT2D eigenvalue weighted by molar-refractivity contribution is 6.42. The minimum Gasteiger partial charge on any atom is -0.406 e. The molecule has 0 unspecified atom stereocenters. The van der Waals surface area contributed by atoms with Gasteiger partial charge in [0.2, 0.25) is 0 Å². The second kappa shape index (κ2) is 12.4. The maximum atomic E-state index is 12.6. The SMILES string of the molecule is CCCCn1cc(-c2ccc(OC(F)(F)F)cc2)c2cc(CN3CCN(Cc4cccc(Cl)c4Cl)CC3)ccc21. The summed E-state index contributed by atoms with van der Waals surface area (Å²) in [6.07, 6.45) is -0.468. The van der Waals surface area contributed by atoms with E-state index in [1.807, 2.05) is 18.2 Å². The van der Waals surface area contributed by atoms with Gasteiger partial charge >= 0.3 is 6.36 Å². The van der Waals surface area contributed by atoms with Crippen LogP contribution in [0, 0.1) is 0 Å². The van der Waals surface area contributed by atoms with E-state index in [-0.39, 0.29) is 5.75 Å². The number of nitrogens with zero attached hydrogens (tertiary/aromatic N) is 3. The van der Waals surface area contributed by atoms with Crippen molar-refractivity contribution in [2.24, 2.45) is 0 Å². The van der Waals surface area contributed by atoms with Gasteiger partial charge in [-0.15, -0.1) is 13.2 Å². The molecular weight excluding hydrogens is 558 g/mol. The number of fused-ring (bicyclic) bond motifs is 1. The number of aromatic nitrogens is 1. The summed E-state index contributed by atoms with van der Waals surface area (Å²) in [7, 11) is 0. The van der Waals surface area contributed by atoms with E-state index in [1.54, 1.807) is 12.1 Å². The summed E-state index contributed by atoms with van der Waals surface area (Å²) in [6, 6.07) is 18.5. The summed E-state index contributed by atoms with van der Waals surface area (Å²) < 4.78 is 44.2. The van der Waals surface area contributed by atoms with Crippen molar-refractivity contribution < 1.29 is 17.9 Å². The average molecular weight is 591 g/mol. The van der Waals surface area contributed by atoms with Crippen molar-refractivity contribution in [1.82, 2.24) is 14.4 Å². The van der Waals surface area contributed by atoms with E-state index in [9.17, 15) is 13.2 Å². The Morgan fingerprint density at radius 1 is 0.875 bits per heavy atom. The lowest BCUT2D eigenvalue weighted by atomic mass is 10.0. The highest BCUT2D eigenvalue weighted by Gasteiger charge is 2.31. The van der Waals surface area contributed by atoms with E-state index in [2.05, 4.69) is 50.4 Å². The molecule has 40 heavy (non-hydrogen) atoms. The largest absolute Gasteiger partial charge is 0.573 e. The van der Waals surface area contributed by atoms with E-state index in [0.717, 1.165) is 86.2 Å². The third-order valence-corrected chi connectivity index (χ3v) is 8.25. The summed E-state index contributed by atoms with van der Waals surface area (Å²) in [5, 5.41) is 2.32. The highest BCUT2D eigenvalue weighted by Crippen LogP contribution is 2.34. The normalized spacial score (nSPS) is 15.2. The van der Waals surface area contributed by atoms with Crippen LogP contribution in [-0.4, -0.2) is 46.9 Å². The first-order valence-electron chi connectivity index (χ1n) is 13.6. The number of benzene rings is 3. The zero-order valence-corrected chi connectivity index (χ0v) is 23.9. The molecule has 0 amide bonds. The van der Waals surface area contributed by atoms with Crippen molar-refractivity contribution in [3.8, 4) is 16.9 Å². The first-order valence-corrected chi connectivity index (χ1v) is 14.3. The molecule has 1 fully saturated rings. The number of halogens is 5. The number of aryl methyl sites for hydroxylation is 1. The monoisotopic (exact) mass is 589 g/mol. The van der Waals surface area contributed by atoms with Gasteiger partial charge in [-0.05, 0) is 53.4 Å². The van der Waals surface area contributed by atoms with Crippen LogP contribution in [0.15, 0.2) is 66.9 Å². The highest BCUT2D eigenvalue weighted by atomic mass is 35.5. The van der Waals surface area contributed by atoms with Crippen LogP contribution in [0.2, 0.25) is 10.0 Å². The van der Waals surface area contributed by atoms with E-state index in [1.165, 1.54) is 17.7 Å². The van der Waals surface area contributed by atoms with Crippen molar-refractivity contribution in [3.63, 3.8) is 0 Å². The molecule has 1 aliphatic rings. The Balaban J connectivity index is 1.31. The van der Waals surface area contributed by atoms with Crippen LogP contribution in [0.3, 0.4) is 0 Å². The van der Waals surface area contributed by atoms with Crippen molar-refractivity contribution in [1.29, 1.82) is 0 Å². The van der Waals surface area contributed by atoms with Gasteiger partial charge in [-0.1, -0.05) is 66.9 Å². The van der Waals surface area contributed by atoms with Crippen molar-refractivity contribution in [3.05, 3.63) is 88.0 Å². The van der Waals surface area contributed by atoms with Gasteiger partial charge in [-0.25, -0.2) is 0 Å². The zero-order chi connectivity index (χ0) is 28.3. The zero-order valence-electron chi connectivity index (χ0n) is 22.4. The fraction of sp³-hybridized carbons (Fsp3) is 0.355. The van der Waals surface area contributed by atoms with Crippen molar-refractivity contribution in [2.75, 3.05) is 26.2 Å². The molecule has 1 aliphatic heterocycles. The van der Waals surface area contributed by atoms with Gasteiger partial charge in [-0.2, -0.15) is 0 Å². The molecule has 0 spiro atoms. The maximum Gasteiger partial charge on any atom is 0.573 e. The van der Waals surface area contributed by atoms with Crippen molar-refractivity contribution >= 4 is 34.1 Å². The molecule has 2 heterocycles. The van der Waals surface area contributed by atoms with E-state index < -0.39 is 6.36 Å². The first kappa shape index (κ1) is 28.8. The van der Waals surface area contributed by atoms with Crippen LogP contribution >= 0.6 is 23.2 Å². The number of rotatable bonds is 9. The molecule has 9 heteroatoms. The molecular formula is C31H32Cl2F3N3O. The Hall–Kier alpha value is -2.71. The van der Waals surface area contributed by atoms with Crippen LogP contribution in [-0.2, 0) is 19.6 Å². The lowest BCUT2D eigenvalue weighted by molar-refractivity contribution is -0.274. The quantitative estimate of drug-likeness (QED) is 0.195. The lowest BCUT2D eigenvalue weighted by Gasteiger charge is -2.35. The Morgan fingerprint density at radius 3 is 2.25 bits per heavy atom. The number of ether oxygens (including phenoxy) is 1. The van der Waals surface area contributed by atoms with Crippen LogP contribution in [0.4, 0.5) is 13.2 Å². The Bertz CT molecular complexity index is 1440. The van der Waals surface area contributed by atoms with E-state index >= 15 is 0 Å². The molecule has 4 nitrogen and oxygen atoms in total. The van der Waals surface area contributed by atoms with Gasteiger partial charge < -0.3 is 9.30 Å². The Morgan fingerprint density at radius 2 is 1.57 bits per heavy atom. The van der Waals surface area contributed by atoms with E-state index in [4.69, 9.17) is 23.2 Å². The molecule has 0 radical (unpaired) electrons. The van der Waals surface area contributed by atoms with Gasteiger partial charge in [-0.3, -0.25) is 9.80 Å². The summed E-state index contributed by atoms with van der Waals surface area (Å²) in [5.74, 6) is -0.219. The summed E-state index contributed by atoms with van der Waals surface area (Å²) in [4.78, 5) is 4.85. The fourth-order valence-electron chi connectivity index (χ4n) is 5.30. The molecule has 0 atom stereocenters. The van der Waals surface area contributed by atoms with Gasteiger partial charge in [0.1, 0.15) is 5.75 Å². The van der Waals surface area contributed by atoms with E-state index in [0.29, 0.717) is 10.0 Å². The molecule has 212 valence electrons. The molecule has 3 aromatic carbocycles. The summed E-state index contributed by atoms with van der Waals surface area (Å²) >= 11 is 12.6. The number of hydrogen-bond donors (Lipinski definition) is 0. The van der Waals surface area contributed by atoms with Gasteiger partial charge in [0.05, 0.1) is 10.0 Å². The predicted octanol–water partition coefficient (Wildman–Crippen LogP) is 8.63. The lowest BCUT2D eigenvalue weighted by Crippen LogP contribution is -2.45. The second-order valence-electron chi connectivity index (χ2n) is 10.3. The third kappa shape index (κ3) is 6.95. The minimum atomic E-state index is -4.71.